The van der Waals surface area contributed by atoms with Gasteiger partial charge in [-0.3, -0.25) is 0 Å². The maximum absolute atomic E-state index is 13.3. The second kappa shape index (κ2) is 4.58. The molecule has 2 N–H and O–H groups in total. The van der Waals surface area contributed by atoms with Gasteiger partial charge in [0.1, 0.15) is 5.82 Å². The summed E-state index contributed by atoms with van der Waals surface area (Å²) in [5.74, 6) is -0.185. The quantitative estimate of drug-likeness (QED) is 0.800. The first-order chi connectivity index (χ1) is 6.16. The van der Waals surface area contributed by atoms with Crippen molar-refractivity contribution in [2.75, 3.05) is 6.54 Å². The van der Waals surface area contributed by atoms with Crippen LogP contribution in [0, 0.1) is 12.7 Å². The summed E-state index contributed by atoms with van der Waals surface area (Å²) in [5, 5.41) is 0.619. The Bertz CT molecular complexity index is 299. The van der Waals surface area contributed by atoms with Crippen molar-refractivity contribution in [2.45, 2.75) is 19.8 Å². The second-order valence-corrected chi connectivity index (χ2v) is 3.43. The van der Waals surface area contributed by atoms with E-state index in [2.05, 4.69) is 0 Å². The van der Waals surface area contributed by atoms with Crippen LogP contribution in [0.5, 0.6) is 0 Å². The lowest BCUT2D eigenvalue weighted by molar-refractivity contribution is 0.603. The van der Waals surface area contributed by atoms with E-state index in [1.165, 1.54) is 6.07 Å². The summed E-state index contributed by atoms with van der Waals surface area (Å²) in [7, 11) is 0. The van der Waals surface area contributed by atoms with Crippen LogP contribution in [0.15, 0.2) is 12.1 Å². The molecule has 0 saturated carbocycles. The molecule has 1 aromatic rings. The van der Waals surface area contributed by atoms with Crippen LogP contribution in [0.3, 0.4) is 0 Å². The fourth-order valence-electron chi connectivity index (χ4n) is 1.28. The van der Waals surface area contributed by atoms with Crippen LogP contribution >= 0.6 is 11.6 Å². The summed E-state index contributed by atoms with van der Waals surface area (Å²) in [4.78, 5) is 0. The molecule has 0 heterocycles. The molecule has 13 heavy (non-hydrogen) atoms. The van der Waals surface area contributed by atoms with Crippen molar-refractivity contribution in [3.63, 3.8) is 0 Å². The summed E-state index contributed by atoms with van der Waals surface area (Å²) >= 11 is 5.87. The van der Waals surface area contributed by atoms with Crippen LogP contribution in [0.1, 0.15) is 17.5 Å². The Kier molecular flexibility index (Phi) is 3.70. The van der Waals surface area contributed by atoms with Gasteiger partial charge in [0.25, 0.3) is 0 Å². The van der Waals surface area contributed by atoms with Crippen LogP contribution in [0.2, 0.25) is 5.02 Å². The number of rotatable bonds is 3. The van der Waals surface area contributed by atoms with Crippen molar-refractivity contribution in [1.29, 1.82) is 0 Å². The highest BCUT2D eigenvalue weighted by molar-refractivity contribution is 6.31. The van der Waals surface area contributed by atoms with E-state index < -0.39 is 0 Å². The Morgan fingerprint density at radius 3 is 2.77 bits per heavy atom. The molecule has 0 aromatic heterocycles. The van der Waals surface area contributed by atoms with Crippen LogP contribution in [0.4, 0.5) is 4.39 Å². The van der Waals surface area contributed by atoms with Crippen molar-refractivity contribution in [3.8, 4) is 0 Å². The molecule has 0 aliphatic carbocycles. The minimum absolute atomic E-state index is 0.185. The summed E-state index contributed by atoms with van der Waals surface area (Å²) in [6, 6.07) is 2.99. The zero-order chi connectivity index (χ0) is 9.84. The molecule has 0 bridgehead atoms. The molecule has 0 unspecified atom stereocenters. The second-order valence-electron chi connectivity index (χ2n) is 3.02. The standard InChI is InChI=1S/C10H13ClFN/c1-7-8(3-2-6-13)10(12)5-4-9(7)11/h4-5H,2-3,6,13H2,1H3. The van der Waals surface area contributed by atoms with Crippen LogP contribution in [0.25, 0.3) is 0 Å². The summed E-state index contributed by atoms with van der Waals surface area (Å²) in [5.41, 5.74) is 6.88. The highest BCUT2D eigenvalue weighted by Gasteiger charge is 2.07. The zero-order valence-corrected chi connectivity index (χ0v) is 8.37. The Labute approximate surface area is 82.7 Å². The molecule has 0 amide bonds. The monoisotopic (exact) mass is 201 g/mol. The van der Waals surface area contributed by atoms with E-state index in [9.17, 15) is 4.39 Å². The third-order valence-corrected chi connectivity index (χ3v) is 2.52. The van der Waals surface area contributed by atoms with Crippen LogP contribution in [-0.4, -0.2) is 6.54 Å². The first-order valence-electron chi connectivity index (χ1n) is 4.30. The van der Waals surface area contributed by atoms with Gasteiger partial charge in [-0.1, -0.05) is 11.6 Å². The average Bonchev–Trinajstić information content (AvgIpc) is 2.12. The molecule has 0 spiro atoms. The predicted molar refractivity (Wildman–Crippen MR) is 53.5 cm³/mol. The molecule has 3 heteroatoms. The van der Waals surface area contributed by atoms with Gasteiger partial charge in [0.15, 0.2) is 0 Å². The van der Waals surface area contributed by atoms with Gasteiger partial charge in [0.05, 0.1) is 0 Å². The lowest BCUT2D eigenvalue weighted by Gasteiger charge is -2.07. The molecular weight excluding hydrogens is 189 g/mol. The zero-order valence-electron chi connectivity index (χ0n) is 7.61. The normalized spacial score (nSPS) is 10.5. The third kappa shape index (κ3) is 2.42. The van der Waals surface area contributed by atoms with E-state index in [1.807, 2.05) is 6.92 Å². The first-order valence-corrected chi connectivity index (χ1v) is 4.68. The van der Waals surface area contributed by atoms with Crippen molar-refractivity contribution < 1.29 is 4.39 Å². The van der Waals surface area contributed by atoms with Crippen LogP contribution in [-0.2, 0) is 6.42 Å². The third-order valence-electron chi connectivity index (χ3n) is 2.11. The lowest BCUT2D eigenvalue weighted by atomic mass is 10.0. The van der Waals surface area contributed by atoms with Gasteiger partial charge < -0.3 is 5.73 Å². The van der Waals surface area contributed by atoms with Gasteiger partial charge in [-0.15, -0.1) is 0 Å². The number of hydrogen-bond donors (Lipinski definition) is 1. The fraction of sp³-hybridized carbons (Fsp3) is 0.400. The van der Waals surface area contributed by atoms with Gasteiger partial charge in [0, 0.05) is 5.02 Å². The number of benzene rings is 1. The lowest BCUT2D eigenvalue weighted by Crippen LogP contribution is -2.03. The molecule has 0 radical (unpaired) electrons. The highest BCUT2D eigenvalue weighted by atomic mass is 35.5. The highest BCUT2D eigenvalue weighted by Crippen LogP contribution is 2.22. The molecule has 0 atom stereocenters. The molecule has 1 aromatic carbocycles. The Balaban J connectivity index is 2.96. The fourth-order valence-corrected chi connectivity index (χ4v) is 1.46. The number of hydrogen-bond acceptors (Lipinski definition) is 1. The van der Waals surface area contributed by atoms with E-state index in [0.29, 0.717) is 23.6 Å². The molecule has 0 saturated heterocycles. The van der Waals surface area contributed by atoms with E-state index in [-0.39, 0.29) is 5.82 Å². The van der Waals surface area contributed by atoms with Crippen molar-refractivity contribution in [3.05, 3.63) is 34.1 Å². The van der Waals surface area contributed by atoms with E-state index in [0.717, 1.165) is 12.0 Å². The Morgan fingerprint density at radius 2 is 2.15 bits per heavy atom. The van der Waals surface area contributed by atoms with Gasteiger partial charge in [-0.05, 0) is 49.6 Å². The molecule has 0 fully saturated rings. The molecule has 0 aliphatic rings. The van der Waals surface area contributed by atoms with Gasteiger partial charge in [-0.2, -0.15) is 0 Å². The topological polar surface area (TPSA) is 26.0 Å². The van der Waals surface area contributed by atoms with Crippen molar-refractivity contribution in [2.24, 2.45) is 5.73 Å². The number of nitrogens with two attached hydrogens (primary N) is 1. The molecule has 72 valence electrons. The maximum Gasteiger partial charge on any atom is 0.126 e. The largest absolute Gasteiger partial charge is 0.330 e. The Hall–Kier alpha value is -0.600. The smallest absolute Gasteiger partial charge is 0.126 e. The minimum Gasteiger partial charge on any atom is -0.330 e. The summed E-state index contributed by atoms with van der Waals surface area (Å²) in [6.07, 6.45) is 1.45. The Morgan fingerprint density at radius 1 is 1.46 bits per heavy atom. The average molecular weight is 202 g/mol. The SMILES string of the molecule is Cc1c(Cl)ccc(F)c1CCCN. The van der Waals surface area contributed by atoms with E-state index in [4.69, 9.17) is 17.3 Å². The van der Waals surface area contributed by atoms with Crippen molar-refractivity contribution in [1.82, 2.24) is 0 Å². The summed E-state index contributed by atoms with van der Waals surface area (Å²) in [6.45, 7) is 2.41. The van der Waals surface area contributed by atoms with Gasteiger partial charge >= 0.3 is 0 Å². The maximum atomic E-state index is 13.3. The van der Waals surface area contributed by atoms with E-state index >= 15 is 0 Å². The van der Waals surface area contributed by atoms with Crippen molar-refractivity contribution >= 4 is 11.6 Å². The van der Waals surface area contributed by atoms with E-state index in [1.54, 1.807) is 6.07 Å². The first kappa shape index (κ1) is 10.5. The van der Waals surface area contributed by atoms with Gasteiger partial charge in [0.2, 0.25) is 0 Å². The number of halogens is 2. The minimum atomic E-state index is -0.185. The van der Waals surface area contributed by atoms with Crippen LogP contribution < -0.4 is 5.73 Å². The molecule has 0 aliphatic heterocycles. The predicted octanol–water partition coefficient (Wildman–Crippen LogP) is 2.68. The van der Waals surface area contributed by atoms with Gasteiger partial charge in [-0.25, -0.2) is 4.39 Å². The molecule has 1 nitrogen and oxygen atoms in total. The molecule has 1 rings (SSSR count). The summed E-state index contributed by atoms with van der Waals surface area (Å²) < 4.78 is 13.3. The molecular formula is C10H13ClFN.